The number of hydrogen-bond donors (Lipinski definition) is 0. The Morgan fingerprint density at radius 1 is 0.405 bits per heavy atom. The van der Waals surface area contributed by atoms with Gasteiger partial charge in [0.15, 0.2) is 0 Å². The quantitative estimate of drug-likeness (QED) is 0.211. The summed E-state index contributed by atoms with van der Waals surface area (Å²) >= 11 is 1.88. The third kappa shape index (κ3) is 3.52. The number of fused-ring (bicyclic) bond motifs is 5. The SMILES string of the molecule is c1ccc(-n2c3ccccc3c3c(-c4ccc(-c5ccc6c(c5)-c5cccc7cccc(c57)S6)cc4)cccc32)cc1. The Bertz CT molecular complexity index is 2300. The van der Waals surface area contributed by atoms with Gasteiger partial charge in [0.1, 0.15) is 0 Å². The lowest BCUT2D eigenvalue weighted by atomic mass is 9.93. The molecule has 0 bridgehead atoms. The van der Waals surface area contributed by atoms with Crippen LogP contribution in [0, 0.1) is 0 Å². The van der Waals surface area contributed by atoms with Crippen LogP contribution in [0.2, 0.25) is 0 Å². The Morgan fingerprint density at radius 3 is 1.98 bits per heavy atom. The van der Waals surface area contributed by atoms with Crippen LogP contribution in [-0.4, -0.2) is 4.57 Å². The van der Waals surface area contributed by atoms with Crippen molar-refractivity contribution in [2.75, 3.05) is 0 Å². The molecule has 2 heteroatoms. The normalized spacial score (nSPS) is 12.2. The Kier molecular flexibility index (Phi) is 5.20. The van der Waals surface area contributed by atoms with Gasteiger partial charge < -0.3 is 4.57 Å². The number of benzene rings is 7. The minimum absolute atomic E-state index is 1.18. The van der Waals surface area contributed by atoms with Crippen LogP contribution in [0.4, 0.5) is 0 Å². The summed E-state index contributed by atoms with van der Waals surface area (Å²) in [6.45, 7) is 0. The molecular weight excluding hydrogens is 527 g/mol. The van der Waals surface area contributed by atoms with Gasteiger partial charge in [0.2, 0.25) is 0 Å². The zero-order valence-electron chi connectivity index (χ0n) is 22.8. The van der Waals surface area contributed by atoms with E-state index in [0.29, 0.717) is 0 Å². The molecule has 0 aliphatic carbocycles. The third-order valence-corrected chi connectivity index (χ3v) is 9.73. The molecule has 0 unspecified atom stereocenters. The fourth-order valence-electron chi connectivity index (χ4n) is 6.70. The predicted molar refractivity (Wildman–Crippen MR) is 179 cm³/mol. The molecule has 0 atom stereocenters. The van der Waals surface area contributed by atoms with Crippen molar-refractivity contribution >= 4 is 44.3 Å². The molecule has 0 N–H and O–H groups in total. The van der Waals surface area contributed by atoms with Gasteiger partial charge in [-0.3, -0.25) is 0 Å². The average Bonchev–Trinajstić information content (AvgIpc) is 3.40. The first kappa shape index (κ1) is 23.6. The topological polar surface area (TPSA) is 4.93 Å². The smallest absolute Gasteiger partial charge is 0.0547 e. The van der Waals surface area contributed by atoms with E-state index in [-0.39, 0.29) is 0 Å². The van der Waals surface area contributed by atoms with E-state index < -0.39 is 0 Å². The van der Waals surface area contributed by atoms with E-state index in [0.717, 1.165) is 0 Å². The summed E-state index contributed by atoms with van der Waals surface area (Å²) in [6.07, 6.45) is 0. The van der Waals surface area contributed by atoms with Gasteiger partial charge in [-0.2, -0.15) is 0 Å². The van der Waals surface area contributed by atoms with Gasteiger partial charge >= 0.3 is 0 Å². The number of rotatable bonds is 3. The zero-order valence-corrected chi connectivity index (χ0v) is 23.6. The zero-order chi connectivity index (χ0) is 27.6. The standard InChI is InChI=1S/C40H25NS/c1-2-11-30(12-3-1)41-35-16-5-4-13-33(35)40-31(14-8-17-36(40)41)27-21-19-26(20-22-27)29-23-24-37-34(25-29)32-15-6-9-28-10-7-18-38(42-37)39(28)32/h1-25H. The molecule has 1 aliphatic heterocycles. The van der Waals surface area contributed by atoms with Crippen LogP contribution in [0.1, 0.15) is 0 Å². The summed E-state index contributed by atoms with van der Waals surface area (Å²) in [5.41, 5.74) is 11.3. The summed E-state index contributed by atoms with van der Waals surface area (Å²) in [7, 11) is 0. The van der Waals surface area contributed by atoms with E-state index in [1.807, 2.05) is 11.8 Å². The van der Waals surface area contributed by atoms with Crippen LogP contribution in [0.25, 0.3) is 71.6 Å². The monoisotopic (exact) mass is 551 g/mol. The van der Waals surface area contributed by atoms with Gasteiger partial charge in [0, 0.05) is 31.6 Å². The molecule has 9 rings (SSSR count). The summed E-state index contributed by atoms with van der Waals surface area (Å²) in [5, 5.41) is 5.24. The number of aromatic nitrogens is 1. The molecule has 1 aliphatic rings. The lowest BCUT2D eigenvalue weighted by molar-refractivity contribution is 1.18. The van der Waals surface area contributed by atoms with Crippen molar-refractivity contribution in [3.63, 3.8) is 0 Å². The van der Waals surface area contributed by atoms with Crippen LogP contribution < -0.4 is 0 Å². The van der Waals surface area contributed by atoms with Gasteiger partial charge in [-0.05, 0) is 81.2 Å². The first-order valence-electron chi connectivity index (χ1n) is 14.4. The largest absolute Gasteiger partial charge is 0.309 e. The second-order valence-corrected chi connectivity index (χ2v) is 12.0. The highest BCUT2D eigenvalue weighted by atomic mass is 32.2. The van der Waals surface area contributed by atoms with Crippen LogP contribution in [0.5, 0.6) is 0 Å². The number of hydrogen-bond acceptors (Lipinski definition) is 1. The molecule has 0 radical (unpaired) electrons. The Hall–Kier alpha value is -5.05. The maximum atomic E-state index is 2.38. The van der Waals surface area contributed by atoms with Crippen molar-refractivity contribution in [3.8, 4) is 39.1 Å². The molecule has 1 nitrogen and oxygen atoms in total. The Labute approximate surface area is 248 Å². The van der Waals surface area contributed by atoms with Crippen molar-refractivity contribution in [3.05, 3.63) is 152 Å². The molecule has 42 heavy (non-hydrogen) atoms. The molecule has 0 spiro atoms. The summed E-state index contributed by atoms with van der Waals surface area (Å²) in [6, 6.07) is 55.4. The first-order valence-corrected chi connectivity index (χ1v) is 15.2. The maximum Gasteiger partial charge on any atom is 0.0547 e. The van der Waals surface area contributed by atoms with Gasteiger partial charge in [0.25, 0.3) is 0 Å². The lowest BCUT2D eigenvalue weighted by Gasteiger charge is -2.21. The highest BCUT2D eigenvalue weighted by Gasteiger charge is 2.20. The summed E-state index contributed by atoms with van der Waals surface area (Å²) in [5.74, 6) is 0. The summed E-state index contributed by atoms with van der Waals surface area (Å²) in [4.78, 5) is 2.67. The van der Waals surface area contributed by atoms with E-state index in [2.05, 4.69) is 156 Å². The van der Waals surface area contributed by atoms with E-state index in [1.165, 1.54) is 81.4 Å². The van der Waals surface area contributed by atoms with Crippen molar-refractivity contribution in [1.29, 1.82) is 0 Å². The van der Waals surface area contributed by atoms with Crippen LogP contribution in [0.15, 0.2) is 161 Å². The molecule has 196 valence electrons. The maximum absolute atomic E-state index is 2.38. The number of nitrogens with zero attached hydrogens (tertiary/aromatic N) is 1. The van der Waals surface area contributed by atoms with Gasteiger partial charge in [0.05, 0.1) is 11.0 Å². The molecule has 0 saturated heterocycles. The lowest BCUT2D eigenvalue weighted by Crippen LogP contribution is -1.93. The van der Waals surface area contributed by atoms with Crippen LogP contribution in [-0.2, 0) is 0 Å². The molecule has 0 amide bonds. The molecule has 0 saturated carbocycles. The molecular formula is C40H25NS. The fourth-order valence-corrected chi connectivity index (χ4v) is 7.83. The van der Waals surface area contributed by atoms with Gasteiger partial charge in [-0.15, -0.1) is 0 Å². The van der Waals surface area contributed by atoms with Gasteiger partial charge in [-0.25, -0.2) is 0 Å². The van der Waals surface area contributed by atoms with E-state index in [9.17, 15) is 0 Å². The van der Waals surface area contributed by atoms with E-state index in [4.69, 9.17) is 0 Å². The molecule has 8 aromatic rings. The van der Waals surface area contributed by atoms with Crippen molar-refractivity contribution in [2.45, 2.75) is 9.79 Å². The third-order valence-electron chi connectivity index (χ3n) is 8.60. The summed E-state index contributed by atoms with van der Waals surface area (Å²) < 4.78 is 2.38. The molecule has 0 fully saturated rings. The van der Waals surface area contributed by atoms with E-state index in [1.54, 1.807) is 0 Å². The minimum Gasteiger partial charge on any atom is -0.309 e. The predicted octanol–water partition coefficient (Wildman–Crippen LogP) is 11.4. The highest BCUT2D eigenvalue weighted by Crippen LogP contribution is 2.49. The highest BCUT2D eigenvalue weighted by molar-refractivity contribution is 7.99. The Morgan fingerprint density at radius 2 is 1.10 bits per heavy atom. The Balaban J connectivity index is 1.16. The first-order chi connectivity index (χ1) is 20.8. The second kappa shape index (κ2) is 9.24. The number of para-hydroxylation sites is 2. The van der Waals surface area contributed by atoms with Gasteiger partial charge in [-0.1, -0.05) is 121 Å². The van der Waals surface area contributed by atoms with Crippen LogP contribution >= 0.6 is 11.8 Å². The fraction of sp³-hybridized carbons (Fsp3) is 0. The van der Waals surface area contributed by atoms with E-state index >= 15 is 0 Å². The minimum atomic E-state index is 1.18. The van der Waals surface area contributed by atoms with Crippen molar-refractivity contribution in [2.24, 2.45) is 0 Å². The molecule has 2 heterocycles. The second-order valence-electron chi connectivity index (χ2n) is 10.9. The molecule has 1 aromatic heterocycles. The molecule has 7 aromatic carbocycles. The van der Waals surface area contributed by atoms with Crippen LogP contribution in [0.3, 0.4) is 0 Å². The van der Waals surface area contributed by atoms with Crippen molar-refractivity contribution < 1.29 is 0 Å². The average molecular weight is 552 g/mol. The van der Waals surface area contributed by atoms with Crippen molar-refractivity contribution in [1.82, 2.24) is 4.57 Å².